The monoisotopic (exact) mass is 450 g/mol. The first-order valence-corrected chi connectivity index (χ1v) is 10.6. The van der Waals surface area contributed by atoms with Gasteiger partial charge >= 0.3 is 0 Å². The van der Waals surface area contributed by atoms with Crippen LogP contribution in [0.25, 0.3) is 0 Å². The molecule has 2 aromatic rings. The van der Waals surface area contributed by atoms with Gasteiger partial charge in [0.25, 0.3) is 0 Å². The van der Waals surface area contributed by atoms with Crippen LogP contribution in [0.1, 0.15) is 54.5 Å². The average Bonchev–Trinajstić information content (AvgIpc) is 2.80. The molecule has 0 spiro atoms. The van der Waals surface area contributed by atoms with E-state index in [0.717, 1.165) is 67.2 Å². The van der Waals surface area contributed by atoms with Gasteiger partial charge in [-0.15, -0.1) is 12.4 Å². The highest BCUT2D eigenvalue weighted by molar-refractivity contribution is 5.85. The Labute approximate surface area is 191 Å². The molecule has 2 aromatic carbocycles. The zero-order valence-electron chi connectivity index (χ0n) is 18.9. The van der Waals surface area contributed by atoms with Crippen LogP contribution < -0.4 is 30.0 Å². The molecular weight excluding hydrogens is 416 g/mol. The van der Waals surface area contributed by atoms with E-state index in [1.165, 1.54) is 11.1 Å². The van der Waals surface area contributed by atoms with Gasteiger partial charge in [-0.1, -0.05) is 18.9 Å². The Kier molecular flexibility index (Phi) is 9.75. The van der Waals surface area contributed by atoms with Crippen molar-refractivity contribution in [3.63, 3.8) is 0 Å². The van der Waals surface area contributed by atoms with Crippen LogP contribution >= 0.6 is 12.4 Å². The molecule has 2 unspecified atom stereocenters. The summed E-state index contributed by atoms with van der Waals surface area (Å²) in [7, 11) is 6.66. The van der Waals surface area contributed by atoms with Crippen LogP contribution in [0.5, 0.6) is 23.0 Å². The minimum absolute atomic E-state index is 0. The minimum Gasteiger partial charge on any atom is -0.493 e. The Balaban J connectivity index is 0.00000341. The van der Waals surface area contributed by atoms with E-state index < -0.39 is 0 Å². The maximum atomic E-state index is 6.43. The molecule has 31 heavy (non-hydrogen) atoms. The number of methoxy groups -OCH3 is 4. The lowest BCUT2D eigenvalue weighted by molar-refractivity contribution is 0.351. The van der Waals surface area contributed by atoms with Crippen LogP contribution in [-0.4, -0.2) is 35.0 Å². The molecular formula is C24H35ClN2O4. The first-order chi connectivity index (χ1) is 14.6. The largest absolute Gasteiger partial charge is 0.493 e. The molecule has 3 N–H and O–H groups in total. The zero-order valence-corrected chi connectivity index (χ0v) is 19.7. The van der Waals surface area contributed by atoms with Gasteiger partial charge in [-0.3, -0.25) is 0 Å². The van der Waals surface area contributed by atoms with E-state index in [9.17, 15) is 0 Å². The van der Waals surface area contributed by atoms with Crippen LogP contribution in [0.2, 0.25) is 0 Å². The second-order valence-electron chi connectivity index (χ2n) is 7.67. The van der Waals surface area contributed by atoms with Crippen LogP contribution in [0.15, 0.2) is 30.3 Å². The van der Waals surface area contributed by atoms with Crippen molar-refractivity contribution in [2.24, 2.45) is 5.73 Å². The number of nitrogens with two attached hydrogens (primary N) is 1. The SMILES string of the molecule is COc1ccc(C(N)CCCCC2NCCc3cc(OC)c(OC)cc32)cc1OC.Cl. The van der Waals surface area contributed by atoms with Crippen LogP contribution in [0.3, 0.4) is 0 Å². The number of rotatable bonds is 10. The summed E-state index contributed by atoms with van der Waals surface area (Å²) in [4.78, 5) is 0. The Hall–Kier alpha value is -2.15. The summed E-state index contributed by atoms with van der Waals surface area (Å²) in [5.41, 5.74) is 10.2. The number of hydrogen-bond acceptors (Lipinski definition) is 6. The molecule has 0 saturated heterocycles. The topological polar surface area (TPSA) is 75.0 Å². The van der Waals surface area contributed by atoms with Gasteiger partial charge in [-0.05, 0) is 66.8 Å². The van der Waals surface area contributed by atoms with E-state index in [1.807, 2.05) is 18.2 Å². The minimum atomic E-state index is -0.0132. The molecule has 0 saturated carbocycles. The molecule has 3 rings (SSSR count). The third-order valence-corrected chi connectivity index (χ3v) is 5.90. The van der Waals surface area contributed by atoms with Crippen molar-refractivity contribution >= 4 is 12.4 Å². The van der Waals surface area contributed by atoms with Crippen molar-refractivity contribution in [1.82, 2.24) is 5.32 Å². The first-order valence-electron chi connectivity index (χ1n) is 10.6. The van der Waals surface area contributed by atoms with E-state index in [-0.39, 0.29) is 18.4 Å². The van der Waals surface area contributed by atoms with Crippen molar-refractivity contribution in [3.8, 4) is 23.0 Å². The summed E-state index contributed by atoms with van der Waals surface area (Å²) in [6.45, 7) is 0.984. The molecule has 0 radical (unpaired) electrons. The van der Waals surface area contributed by atoms with Gasteiger partial charge in [0, 0.05) is 12.1 Å². The fourth-order valence-corrected chi connectivity index (χ4v) is 4.19. The summed E-state index contributed by atoms with van der Waals surface area (Å²) < 4.78 is 21.7. The molecule has 0 fully saturated rings. The number of fused-ring (bicyclic) bond motifs is 1. The number of unbranched alkanes of at least 4 members (excludes halogenated alkanes) is 1. The maximum absolute atomic E-state index is 6.43. The van der Waals surface area contributed by atoms with Crippen LogP contribution in [-0.2, 0) is 6.42 Å². The molecule has 1 aliphatic rings. The van der Waals surface area contributed by atoms with Gasteiger partial charge in [0.2, 0.25) is 0 Å². The fraction of sp³-hybridized carbons (Fsp3) is 0.500. The standard InChI is InChI=1S/C24H34N2O4.ClH/c1-27-21-10-9-17(14-22(21)28-2)19(25)7-5-6-8-20-18-15-24(30-4)23(29-3)13-16(18)11-12-26-20;/h9-10,13-15,19-20,26H,5-8,11-12,25H2,1-4H3;1H. The van der Waals surface area contributed by atoms with E-state index in [2.05, 4.69) is 17.4 Å². The molecule has 0 amide bonds. The highest BCUT2D eigenvalue weighted by atomic mass is 35.5. The fourth-order valence-electron chi connectivity index (χ4n) is 4.19. The highest BCUT2D eigenvalue weighted by Crippen LogP contribution is 2.37. The van der Waals surface area contributed by atoms with E-state index in [4.69, 9.17) is 24.7 Å². The third kappa shape index (κ3) is 5.97. The van der Waals surface area contributed by atoms with Crippen LogP contribution in [0.4, 0.5) is 0 Å². The van der Waals surface area contributed by atoms with Crippen LogP contribution in [0, 0.1) is 0 Å². The molecule has 0 aliphatic carbocycles. The summed E-state index contributed by atoms with van der Waals surface area (Å²) in [6.07, 6.45) is 5.18. The predicted octanol–water partition coefficient (Wildman–Crippen LogP) is 4.59. The molecule has 172 valence electrons. The Morgan fingerprint density at radius 1 is 0.903 bits per heavy atom. The quantitative estimate of drug-likeness (QED) is 0.515. The van der Waals surface area contributed by atoms with Gasteiger partial charge in [0.05, 0.1) is 28.4 Å². The molecule has 6 nitrogen and oxygen atoms in total. The zero-order chi connectivity index (χ0) is 21.5. The summed E-state index contributed by atoms with van der Waals surface area (Å²) in [5.74, 6) is 3.04. The van der Waals surface area contributed by atoms with E-state index in [0.29, 0.717) is 6.04 Å². The van der Waals surface area contributed by atoms with E-state index >= 15 is 0 Å². The molecule has 1 aliphatic heterocycles. The molecule has 2 atom stereocenters. The van der Waals surface area contributed by atoms with Gasteiger partial charge in [0.15, 0.2) is 23.0 Å². The van der Waals surface area contributed by atoms with Gasteiger partial charge in [-0.25, -0.2) is 0 Å². The summed E-state index contributed by atoms with van der Waals surface area (Å²) in [6, 6.07) is 10.5. The second-order valence-corrected chi connectivity index (χ2v) is 7.67. The molecule has 0 bridgehead atoms. The van der Waals surface area contributed by atoms with E-state index in [1.54, 1.807) is 28.4 Å². The number of benzene rings is 2. The number of hydrogen-bond donors (Lipinski definition) is 2. The van der Waals surface area contributed by atoms with Crippen molar-refractivity contribution in [3.05, 3.63) is 47.0 Å². The number of ether oxygens (including phenoxy) is 4. The summed E-state index contributed by atoms with van der Waals surface area (Å²) >= 11 is 0. The van der Waals surface area contributed by atoms with Crippen molar-refractivity contribution < 1.29 is 18.9 Å². The second kappa shape index (κ2) is 12.0. The number of nitrogens with one attached hydrogen (secondary N) is 1. The highest BCUT2D eigenvalue weighted by Gasteiger charge is 2.22. The van der Waals surface area contributed by atoms with Crippen molar-refractivity contribution in [1.29, 1.82) is 0 Å². The average molecular weight is 451 g/mol. The lowest BCUT2D eigenvalue weighted by Crippen LogP contribution is -2.30. The van der Waals surface area contributed by atoms with Crippen molar-refractivity contribution in [2.45, 2.75) is 44.2 Å². The Morgan fingerprint density at radius 2 is 1.55 bits per heavy atom. The smallest absolute Gasteiger partial charge is 0.161 e. The maximum Gasteiger partial charge on any atom is 0.161 e. The first kappa shape index (κ1) is 25.1. The van der Waals surface area contributed by atoms with Gasteiger partial charge in [-0.2, -0.15) is 0 Å². The molecule has 7 heteroatoms. The van der Waals surface area contributed by atoms with Crippen molar-refractivity contribution in [2.75, 3.05) is 35.0 Å². The molecule has 1 heterocycles. The normalized spacial score (nSPS) is 16.0. The lowest BCUT2D eigenvalue weighted by Gasteiger charge is -2.28. The van der Waals surface area contributed by atoms with Gasteiger partial charge < -0.3 is 30.0 Å². The third-order valence-electron chi connectivity index (χ3n) is 5.90. The summed E-state index contributed by atoms with van der Waals surface area (Å²) in [5, 5.41) is 3.65. The Bertz CT molecular complexity index is 847. The van der Waals surface area contributed by atoms with Gasteiger partial charge in [0.1, 0.15) is 0 Å². The lowest BCUT2D eigenvalue weighted by atomic mass is 9.90. The molecule has 0 aromatic heterocycles. The number of halogens is 1. The Morgan fingerprint density at radius 3 is 2.23 bits per heavy atom. The predicted molar refractivity (Wildman–Crippen MR) is 126 cm³/mol.